The molecule has 1 aromatic heterocycles. The van der Waals surface area contributed by atoms with E-state index in [1.807, 2.05) is 0 Å². The maximum Gasteiger partial charge on any atom is 0.0625 e. The molecule has 16 heavy (non-hydrogen) atoms. The van der Waals surface area contributed by atoms with Crippen LogP contribution in [0.25, 0.3) is 0 Å². The van der Waals surface area contributed by atoms with Gasteiger partial charge in [0.05, 0.1) is 5.69 Å². The first-order valence-corrected chi connectivity index (χ1v) is 6.14. The molecule has 0 fully saturated rings. The van der Waals surface area contributed by atoms with Crippen molar-refractivity contribution in [2.75, 3.05) is 6.54 Å². The van der Waals surface area contributed by atoms with Crippen LogP contribution < -0.4 is 11.1 Å². The number of hydrogen-bond acceptors (Lipinski definition) is 3. The molecule has 0 radical (unpaired) electrons. The zero-order valence-electron chi connectivity index (χ0n) is 10.6. The second-order valence-electron chi connectivity index (χ2n) is 4.60. The van der Waals surface area contributed by atoms with E-state index in [2.05, 4.69) is 42.4 Å². The monoisotopic (exact) mass is 224 g/mol. The summed E-state index contributed by atoms with van der Waals surface area (Å²) >= 11 is 0. The van der Waals surface area contributed by atoms with Gasteiger partial charge in [0.25, 0.3) is 0 Å². The Morgan fingerprint density at radius 3 is 2.81 bits per heavy atom. The second kappa shape index (κ2) is 6.66. The lowest BCUT2D eigenvalue weighted by molar-refractivity contribution is 0.403. The van der Waals surface area contributed by atoms with Gasteiger partial charge in [-0.2, -0.15) is 5.10 Å². The van der Waals surface area contributed by atoms with E-state index in [4.69, 9.17) is 5.73 Å². The third-order valence-corrected chi connectivity index (χ3v) is 2.80. The van der Waals surface area contributed by atoms with Crippen LogP contribution in [-0.2, 0) is 13.0 Å². The summed E-state index contributed by atoms with van der Waals surface area (Å²) in [5, 5.41) is 10.8. The maximum absolute atomic E-state index is 5.70. The van der Waals surface area contributed by atoms with Crippen molar-refractivity contribution in [3.8, 4) is 0 Å². The molecule has 1 rings (SSSR count). The molecule has 0 amide bonds. The number of nitrogens with two attached hydrogens (primary N) is 1. The summed E-state index contributed by atoms with van der Waals surface area (Å²) in [5.41, 5.74) is 7.99. The predicted octanol–water partition coefficient (Wildman–Crippen LogP) is 1.44. The van der Waals surface area contributed by atoms with Gasteiger partial charge >= 0.3 is 0 Å². The lowest BCUT2D eigenvalue weighted by Crippen LogP contribution is -2.39. The van der Waals surface area contributed by atoms with E-state index in [1.165, 1.54) is 0 Å². The zero-order valence-corrected chi connectivity index (χ0v) is 10.6. The van der Waals surface area contributed by atoms with Gasteiger partial charge in [-0.25, -0.2) is 0 Å². The number of nitrogens with zero attached hydrogens (tertiary/aromatic N) is 1. The van der Waals surface area contributed by atoms with Crippen molar-refractivity contribution in [3.63, 3.8) is 0 Å². The Labute approximate surface area is 98.0 Å². The summed E-state index contributed by atoms with van der Waals surface area (Å²) in [6.45, 7) is 8.01. The standard InChI is InChI=1S/C12H24N4/c1-4-5-10-6-11(16-15-10)8-14-12(7-13)9(2)3/h6,9,12,14H,4-5,7-8,13H2,1-3H3,(H,15,16). The molecular weight excluding hydrogens is 200 g/mol. The Kier molecular flexibility index (Phi) is 5.49. The van der Waals surface area contributed by atoms with Crippen molar-refractivity contribution < 1.29 is 0 Å². The van der Waals surface area contributed by atoms with E-state index in [9.17, 15) is 0 Å². The molecule has 4 N–H and O–H groups in total. The van der Waals surface area contributed by atoms with Gasteiger partial charge in [0.1, 0.15) is 0 Å². The van der Waals surface area contributed by atoms with Gasteiger partial charge in [0.2, 0.25) is 0 Å². The number of rotatable bonds is 7. The molecule has 0 aliphatic heterocycles. The molecule has 0 aromatic carbocycles. The normalized spacial score (nSPS) is 13.3. The molecule has 1 heterocycles. The van der Waals surface area contributed by atoms with E-state index >= 15 is 0 Å². The Morgan fingerprint density at radius 2 is 2.25 bits per heavy atom. The summed E-state index contributed by atoms with van der Waals surface area (Å²) in [6.07, 6.45) is 2.18. The van der Waals surface area contributed by atoms with Crippen molar-refractivity contribution >= 4 is 0 Å². The van der Waals surface area contributed by atoms with E-state index in [1.54, 1.807) is 0 Å². The minimum Gasteiger partial charge on any atom is -0.329 e. The van der Waals surface area contributed by atoms with E-state index in [-0.39, 0.29) is 0 Å². The molecule has 1 aromatic rings. The second-order valence-corrected chi connectivity index (χ2v) is 4.60. The number of aromatic nitrogens is 2. The molecule has 0 bridgehead atoms. The van der Waals surface area contributed by atoms with Crippen molar-refractivity contribution in [2.45, 2.75) is 46.2 Å². The molecular formula is C12H24N4. The number of aromatic amines is 1. The molecule has 0 saturated carbocycles. The highest BCUT2D eigenvalue weighted by Gasteiger charge is 2.10. The number of aryl methyl sites for hydroxylation is 1. The predicted molar refractivity (Wildman–Crippen MR) is 67.1 cm³/mol. The highest BCUT2D eigenvalue weighted by atomic mass is 15.1. The van der Waals surface area contributed by atoms with Crippen LogP contribution in [0, 0.1) is 5.92 Å². The van der Waals surface area contributed by atoms with E-state index < -0.39 is 0 Å². The fourth-order valence-electron chi connectivity index (χ4n) is 1.72. The largest absolute Gasteiger partial charge is 0.329 e. The molecule has 1 atom stereocenters. The van der Waals surface area contributed by atoms with Gasteiger partial charge < -0.3 is 11.1 Å². The first kappa shape index (κ1) is 13.2. The van der Waals surface area contributed by atoms with E-state index in [0.29, 0.717) is 18.5 Å². The SMILES string of the molecule is CCCc1cc(CNC(CN)C(C)C)[nH]n1. The Morgan fingerprint density at radius 1 is 1.50 bits per heavy atom. The number of nitrogens with one attached hydrogen (secondary N) is 2. The minimum absolute atomic E-state index is 0.373. The average Bonchev–Trinajstić information content (AvgIpc) is 2.67. The molecule has 0 spiro atoms. The lowest BCUT2D eigenvalue weighted by atomic mass is 10.0. The van der Waals surface area contributed by atoms with Gasteiger partial charge in [-0.15, -0.1) is 0 Å². The summed E-state index contributed by atoms with van der Waals surface area (Å²) in [6, 6.07) is 2.50. The summed E-state index contributed by atoms with van der Waals surface area (Å²) < 4.78 is 0. The molecule has 1 unspecified atom stereocenters. The summed E-state index contributed by atoms with van der Waals surface area (Å²) in [5.74, 6) is 0.558. The van der Waals surface area contributed by atoms with Crippen LogP contribution in [0.1, 0.15) is 38.6 Å². The zero-order chi connectivity index (χ0) is 12.0. The Hall–Kier alpha value is -0.870. The summed E-state index contributed by atoms with van der Waals surface area (Å²) in [7, 11) is 0. The fraction of sp³-hybridized carbons (Fsp3) is 0.750. The van der Waals surface area contributed by atoms with Crippen molar-refractivity contribution in [2.24, 2.45) is 11.7 Å². The third kappa shape index (κ3) is 3.94. The Bertz CT molecular complexity index is 293. The third-order valence-electron chi connectivity index (χ3n) is 2.80. The fourth-order valence-corrected chi connectivity index (χ4v) is 1.72. The average molecular weight is 224 g/mol. The van der Waals surface area contributed by atoms with Crippen molar-refractivity contribution in [3.05, 3.63) is 17.5 Å². The topological polar surface area (TPSA) is 66.7 Å². The van der Waals surface area contributed by atoms with Gasteiger partial charge in [-0.3, -0.25) is 5.10 Å². The first-order valence-electron chi connectivity index (χ1n) is 6.14. The van der Waals surface area contributed by atoms with Gasteiger partial charge in [0.15, 0.2) is 0 Å². The summed E-state index contributed by atoms with van der Waals surface area (Å²) in [4.78, 5) is 0. The molecule has 0 saturated heterocycles. The van der Waals surface area contributed by atoms with Crippen LogP contribution in [0.15, 0.2) is 6.07 Å². The molecule has 92 valence electrons. The van der Waals surface area contributed by atoms with E-state index in [0.717, 1.165) is 30.8 Å². The van der Waals surface area contributed by atoms with Crippen molar-refractivity contribution in [1.82, 2.24) is 15.5 Å². The number of hydrogen-bond donors (Lipinski definition) is 3. The van der Waals surface area contributed by atoms with Crippen LogP contribution in [0.2, 0.25) is 0 Å². The van der Waals surface area contributed by atoms with Crippen LogP contribution >= 0.6 is 0 Å². The van der Waals surface area contributed by atoms with Gasteiger partial charge in [0, 0.05) is 24.8 Å². The minimum atomic E-state index is 0.373. The molecule has 0 aliphatic rings. The first-order chi connectivity index (χ1) is 7.67. The maximum atomic E-state index is 5.70. The van der Waals surface area contributed by atoms with Gasteiger partial charge in [-0.05, 0) is 18.4 Å². The van der Waals surface area contributed by atoms with Crippen LogP contribution in [0.4, 0.5) is 0 Å². The molecule has 4 heteroatoms. The lowest BCUT2D eigenvalue weighted by Gasteiger charge is -2.19. The molecule has 4 nitrogen and oxygen atoms in total. The van der Waals surface area contributed by atoms with Gasteiger partial charge in [-0.1, -0.05) is 27.2 Å². The van der Waals surface area contributed by atoms with Crippen LogP contribution in [0.5, 0.6) is 0 Å². The van der Waals surface area contributed by atoms with Crippen LogP contribution in [0.3, 0.4) is 0 Å². The highest BCUT2D eigenvalue weighted by molar-refractivity contribution is 5.08. The van der Waals surface area contributed by atoms with Crippen molar-refractivity contribution in [1.29, 1.82) is 0 Å². The number of H-pyrrole nitrogens is 1. The quantitative estimate of drug-likeness (QED) is 0.656. The Balaban J connectivity index is 2.41. The van der Waals surface area contributed by atoms with Crippen LogP contribution in [-0.4, -0.2) is 22.8 Å². The highest BCUT2D eigenvalue weighted by Crippen LogP contribution is 2.04. The molecule has 0 aliphatic carbocycles. The smallest absolute Gasteiger partial charge is 0.0625 e.